The Morgan fingerprint density at radius 2 is 2.00 bits per heavy atom. The van der Waals surface area contributed by atoms with E-state index in [0.29, 0.717) is 6.54 Å². The van der Waals surface area contributed by atoms with Crippen LogP contribution in [0.4, 0.5) is 0 Å². The summed E-state index contributed by atoms with van der Waals surface area (Å²) in [5.41, 5.74) is 1.12. The van der Waals surface area contributed by atoms with Gasteiger partial charge in [-0.1, -0.05) is 13.0 Å². The first-order chi connectivity index (χ1) is 13.7. The van der Waals surface area contributed by atoms with Crippen LogP contribution in [0, 0.1) is 12.8 Å². The second kappa shape index (κ2) is 12.1. The van der Waals surface area contributed by atoms with Crippen molar-refractivity contribution in [1.82, 2.24) is 30.1 Å². The lowest BCUT2D eigenvalue weighted by molar-refractivity contribution is 0.191. The molecule has 0 radical (unpaired) electrons. The Kier molecular flexibility index (Phi) is 9.86. The lowest BCUT2D eigenvalue weighted by Gasteiger charge is -2.30. The molecule has 1 saturated heterocycles. The van der Waals surface area contributed by atoms with Gasteiger partial charge in [0.25, 0.3) is 0 Å². The van der Waals surface area contributed by atoms with Crippen molar-refractivity contribution in [3.8, 4) is 5.82 Å². The maximum Gasteiger partial charge on any atom is 0.191 e. The van der Waals surface area contributed by atoms with Gasteiger partial charge in [-0.15, -0.1) is 24.0 Å². The maximum atomic E-state index is 4.54. The van der Waals surface area contributed by atoms with E-state index in [1.165, 1.54) is 25.9 Å². The first-order valence-corrected chi connectivity index (χ1v) is 10.3. The molecule has 0 atom stereocenters. The van der Waals surface area contributed by atoms with Gasteiger partial charge in [-0.05, 0) is 63.4 Å². The summed E-state index contributed by atoms with van der Waals surface area (Å²) in [5, 5.41) is 6.77. The van der Waals surface area contributed by atoms with Gasteiger partial charge in [-0.2, -0.15) is 0 Å². The third kappa shape index (κ3) is 7.26. The molecule has 0 spiro atoms. The molecule has 0 unspecified atom stereocenters. The SMILES string of the molecule is CN=C(NCCCN1CCC(C)CC1)NCc1ccc(-n2ccnc2C)nc1.I. The van der Waals surface area contributed by atoms with Crippen LogP contribution in [-0.2, 0) is 6.54 Å². The Morgan fingerprint density at radius 3 is 2.62 bits per heavy atom. The van der Waals surface area contributed by atoms with Crippen LogP contribution in [0.25, 0.3) is 5.82 Å². The Morgan fingerprint density at radius 1 is 1.21 bits per heavy atom. The molecule has 29 heavy (non-hydrogen) atoms. The van der Waals surface area contributed by atoms with E-state index in [0.717, 1.165) is 48.6 Å². The van der Waals surface area contributed by atoms with Crippen molar-refractivity contribution in [3.05, 3.63) is 42.1 Å². The van der Waals surface area contributed by atoms with Crippen molar-refractivity contribution in [3.63, 3.8) is 0 Å². The number of hydrogen-bond donors (Lipinski definition) is 2. The maximum absolute atomic E-state index is 4.54. The largest absolute Gasteiger partial charge is 0.356 e. The number of aryl methyl sites for hydroxylation is 1. The van der Waals surface area contributed by atoms with E-state index in [1.54, 1.807) is 6.20 Å². The van der Waals surface area contributed by atoms with E-state index < -0.39 is 0 Å². The molecule has 2 aromatic rings. The number of imidazole rings is 1. The molecular formula is C21H34IN7. The summed E-state index contributed by atoms with van der Waals surface area (Å²) in [6.07, 6.45) is 9.41. The van der Waals surface area contributed by atoms with Gasteiger partial charge < -0.3 is 15.5 Å². The van der Waals surface area contributed by atoms with Crippen LogP contribution in [0.2, 0.25) is 0 Å². The summed E-state index contributed by atoms with van der Waals surface area (Å²) in [4.78, 5) is 15.7. The molecule has 1 aliphatic heterocycles. The zero-order valence-electron chi connectivity index (χ0n) is 17.8. The smallest absolute Gasteiger partial charge is 0.191 e. The van der Waals surface area contributed by atoms with Crippen LogP contribution in [-0.4, -0.2) is 58.6 Å². The number of guanidine groups is 1. The van der Waals surface area contributed by atoms with Crippen molar-refractivity contribution >= 4 is 29.9 Å². The molecular weight excluding hydrogens is 477 g/mol. The van der Waals surface area contributed by atoms with E-state index in [-0.39, 0.29) is 24.0 Å². The normalized spacial score (nSPS) is 15.8. The van der Waals surface area contributed by atoms with Crippen molar-refractivity contribution in [1.29, 1.82) is 0 Å². The Hall–Kier alpha value is -1.68. The second-order valence-corrected chi connectivity index (χ2v) is 7.60. The summed E-state index contributed by atoms with van der Waals surface area (Å²) in [5.74, 6) is 3.54. The monoisotopic (exact) mass is 511 g/mol. The summed E-state index contributed by atoms with van der Waals surface area (Å²) in [7, 11) is 1.81. The van der Waals surface area contributed by atoms with Gasteiger partial charge >= 0.3 is 0 Å². The third-order valence-corrected chi connectivity index (χ3v) is 5.39. The highest BCUT2D eigenvalue weighted by molar-refractivity contribution is 14.0. The number of aromatic nitrogens is 3. The van der Waals surface area contributed by atoms with Crippen LogP contribution in [0.3, 0.4) is 0 Å². The molecule has 1 aliphatic rings. The fourth-order valence-electron chi connectivity index (χ4n) is 3.49. The van der Waals surface area contributed by atoms with Crippen LogP contribution in [0.1, 0.15) is 37.6 Å². The Labute approximate surface area is 191 Å². The predicted octanol–water partition coefficient (Wildman–Crippen LogP) is 2.98. The lowest BCUT2D eigenvalue weighted by atomic mass is 9.99. The minimum atomic E-state index is 0. The van der Waals surface area contributed by atoms with Crippen molar-refractivity contribution in [2.75, 3.05) is 33.2 Å². The van der Waals surface area contributed by atoms with Crippen LogP contribution in [0.5, 0.6) is 0 Å². The predicted molar refractivity (Wildman–Crippen MR) is 129 cm³/mol. The molecule has 0 amide bonds. The van der Waals surface area contributed by atoms with Gasteiger partial charge in [0.2, 0.25) is 0 Å². The molecule has 0 aromatic carbocycles. The highest BCUT2D eigenvalue weighted by atomic mass is 127. The summed E-state index contributed by atoms with van der Waals surface area (Å²) < 4.78 is 1.97. The van der Waals surface area contributed by atoms with E-state index in [4.69, 9.17) is 0 Å². The zero-order valence-corrected chi connectivity index (χ0v) is 20.1. The Balaban J connectivity index is 0.00000300. The number of rotatable bonds is 7. The van der Waals surface area contributed by atoms with Crippen molar-refractivity contribution < 1.29 is 0 Å². The minimum Gasteiger partial charge on any atom is -0.356 e. The van der Waals surface area contributed by atoms with Gasteiger partial charge in [-0.3, -0.25) is 9.56 Å². The standard InChI is InChI=1S/C21H33N7.HI/c1-17-7-12-27(13-8-17)11-4-9-24-21(22-3)26-16-19-5-6-20(25-15-19)28-14-10-23-18(28)2;/h5-6,10,14-15,17H,4,7-9,11-13,16H2,1-3H3,(H2,22,24,26);1H. The van der Waals surface area contributed by atoms with Crippen molar-refractivity contribution in [2.45, 2.75) is 39.7 Å². The molecule has 0 aliphatic carbocycles. The molecule has 2 N–H and O–H groups in total. The lowest BCUT2D eigenvalue weighted by Crippen LogP contribution is -2.39. The van der Waals surface area contributed by atoms with E-state index >= 15 is 0 Å². The highest BCUT2D eigenvalue weighted by Gasteiger charge is 2.14. The molecule has 3 rings (SSSR count). The average molecular weight is 511 g/mol. The number of nitrogens with zero attached hydrogens (tertiary/aromatic N) is 5. The number of pyridine rings is 1. The van der Waals surface area contributed by atoms with Gasteiger partial charge in [-0.25, -0.2) is 9.97 Å². The number of nitrogens with one attached hydrogen (secondary N) is 2. The van der Waals surface area contributed by atoms with Crippen LogP contribution >= 0.6 is 24.0 Å². The molecule has 160 valence electrons. The van der Waals surface area contributed by atoms with E-state index in [2.05, 4.69) is 43.5 Å². The molecule has 7 nitrogen and oxygen atoms in total. The fraction of sp³-hybridized carbons (Fsp3) is 0.571. The molecule has 0 bridgehead atoms. The zero-order chi connectivity index (χ0) is 19.8. The Bertz CT molecular complexity index is 749. The number of likely N-dealkylation sites (tertiary alicyclic amines) is 1. The number of halogens is 1. The molecule has 8 heteroatoms. The van der Waals surface area contributed by atoms with Gasteiger partial charge in [0, 0.05) is 38.7 Å². The van der Waals surface area contributed by atoms with E-state index in [9.17, 15) is 0 Å². The molecule has 1 fully saturated rings. The van der Waals surface area contributed by atoms with Crippen molar-refractivity contribution in [2.24, 2.45) is 10.9 Å². The van der Waals surface area contributed by atoms with Crippen LogP contribution in [0.15, 0.2) is 35.7 Å². The molecule has 0 saturated carbocycles. The number of hydrogen-bond acceptors (Lipinski definition) is 4. The average Bonchev–Trinajstić information content (AvgIpc) is 3.15. The van der Waals surface area contributed by atoms with Gasteiger partial charge in [0.1, 0.15) is 11.6 Å². The molecule has 2 aromatic heterocycles. The van der Waals surface area contributed by atoms with Gasteiger partial charge in [0.05, 0.1) is 0 Å². The molecule has 3 heterocycles. The second-order valence-electron chi connectivity index (χ2n) is 7.60. The topological polar surface area (TPSA) is 70.4 Å². The van der Waals surface area contributed by atoms with E-state index in [1.807, 2.05) is 37.0 Å². The third-order valence-electron chi connectivity index (χ3n) is 5.39. The highest BCUT2D eigenvalue weighted by Crippen LogP contribution is 2.15. The summed E-state index contributed by atoms with van der Waals surface area (Å²) in [6.45, 7) is 9.61. The van der Waals surface area contributed by atoms with Crippen LogP contribution < -0.4 is 10.6 Å². The quantitative estimate of drug-likeness (QED) is 0.259. The minimum absolute atomic E-state index is 0. The van der Waals surface area contributed by atoms with Gasteiger partial charge in [0.15, 0.2) is 5.96 Å². The first kappa shape index (κ1) is 23.6. The summed E-state index contributed by atoms with van der Waals surface area (Å²) in [6, 6.07) is 4.10. The first-order valence-electron chi connectivity index (χ1n) is 10.3. The number of aliphatic imine (C=N–C) groups is 1. The fourth-order valence-corrected chi connectivity index (χ4v) is 3.49. The summed E-state index contributed by atoms with van der Waals surface area (Å²) >= 11 is 0. The number of piperidine rings is 1.